The molecular formula is C35H27BrN4O4. The second-order valence-corrected chi connectivity index (χ2v) is 12.3. The predicted octanol–water partition coefficient (Wildman–Crippen LogP) is 4.73. The Morgan fingerprint density at radius 3 is 2.09 bits per heavy atom. The van der Waals surface area contributed by atoms with Gasteiger partial charge in [0.15, 0.2) is 0 Å². The molecular weight excluding hydrogens is 620 g/mol. The van der Waals surface area contributed by atoms with Gasteiger partial charge in [-0.15, -0.1) is 0 Å². The van der Waals surface area contributed by atoms with Crippen LogP contribution >= 0.6 is 15.9 Å². The second-order valence-electron chi connectivity index (χ2n) is 11.4. The zero-order valence-corrected chi connectivity index (χ0v) is 25.2. The topological polar surface area (TPSA) is 108 Å². The second kappa shape index (κ2) is 10.7. The number of hydrogen-bond donors (Lipinski definition) is 2. The lowest BCUT2D eigenvalue weighted by Gasteiger charge is -2.52. The SMILES string of the molecule is Cc1ccc(CNC(=O)C(=O)N/N=C/C23c4ccccc4C(c4ccccc42)C2C(=O)N(c4ccc(Br)cc4)C(=O)C23)cc1. The molecule has 4 aromatic carbocycles. The normalized spacial score (nSPS) is 22.9. The number of nitrogens with zero attached hydrogens (tertiary/aromatic N) is 2. The number of aryl methyl sites for hydroxylation is 1. The van der Waals surface area contributed by atoms with Crippen LogP contribution in [0.2, 0.25) is 0 Å². The number of halogens is 1. The summed E-state index contributed by atoms with van der Waals surface area (Å²) in [5, 5.41) is 6.92. The van der Waals surface area contributed by atoms with Gasteiger partial charge in [0.25, 0.3) is 0 Å². The van der Waals surface area contributed by atoms with Gasteiger partial charge in [0.2, 0.25) is 11.8 Å². The van der Waals surface area contributed by atoms with Crippen LogP contribution in [0.4, 0.5) is 5.69 Å². The summed E-state index contributed by atoms with van der Waals surface area (Å²) >= 11 is 3.43. The van der Waals surface area contributed by atoms with Crippen LogP contribution in [-0.2, 0) is 31.1 Å². The molecule has 2 bridgehead atoms. The molecule has 2 N–H and O–H groups in total. The fraction of sp³-hybridized carbons (Fsp3) is 0.171. The molecule has 2 atom stereocenters. The summed E-state index contributed by atoms with van der Waals surface area (Å²) in [6, 6.07) is 30.3. The molecule has 44 heavy (non-hydrogen) atoms. The van der Waals surface area contributed by atoms with Gasteiger partial charge in [-0.3, -0.25) is 19.2 Å². The highest BCUT2D eigenvalue weighted by molar-refractivity contribution is 9.10. The van der Waals surface area contributed by atoms with Gasteiger partial charge in [-0.25, -0.2) is 10.3 Å². The summed E-state index contributed by atoms with van der Waals surface area (Å²) < 4.78 is 0.833. The average molecular weight is 648 g/mol. The first-order valence-corrected chi connectivity index (χ1v) is 15.1. The number of anilines is 1. The molecule has 1 saturated heterocycles. The van der Waals surface area contributed by atoms with Crippen LogP contribution in [0.5, 0.6) is 0 Å². The standard InChI is InChI=1S/C35H27BrN4O4/c1-20-10-12-21(13-11-20)18-37-31(41)32(42)39-38-19-35-26-8-4-2-6-24(26)28(25-7-3-5-9-27(25)35)29-30(35)34(44)40(33(29)43)23-16-14-22(36)15-17-23/h2-17,19,28-30H,18H2,1H3,(H,37,41)(H,39,42)/b38-19+. The molecule has 1 heterocycles. The molecule has 0 saturated carbocycles. The van der Waals surface area contributed by atoms with Crippen molar-refractivity contribution < 1.29 is 19.2 Å². The Hall–Kier alpha value is -4.89. The molecule has 8 rings (SSSR count). The number of imide groups is 1. The van der Waals surface area contributed by atoms with Crippen LogP contribution in [0, 0.1) is 18.8 Å². The smallest absolute Gasteiger partial charge is 0.329 e. The van der Waals surface area contributed by atoms with Gasteiger partial charge in [0, 0.05) is 23.1 Å². The summed E-state index contributed by atoms with van der Waals surface area (Å²) in [4.78, 5) is 55.3. The molecule has 1 aliphatic heterocycles. The van der Waals surface area contributed by atoms with Crippen LogP contribution < -0.4 is 15.6 Å². The van der Waals surface area contributed by atoms with Gasteiger partial charge in [-0.1, -0.05) is 94.3 Å². The van der Waals surface area contributed by atoms with E-state index in [0.717, 1.165) is 37.9 Å². The number of nitrogens with one attached hydrogen (secondary N) is 2. The number of amides is 4. The first-order chi connectivity index (χ1) is 21.3. The van der Waals surface area contributed by atoms with E-state index in [4.69, 9.17) is 0 Å². The van der Waals surface area contributed by atoms with Crippen molar-refractivity contribution in [2.45, 2.75) is 24.8 Å². The van der Waals surface area contributed by atoms with E-state index in [1.807, 2.05) is 79.7 Å². The maximum atomic E-state index is 14.4. The lowest BCUT2D eigenvalue weighted by molar-refractivity contribution is -0.139. The first kappa shape index (κ1) is 27.9. The number of rotatable bonds is 5. The average Bonchev–Trinajstić information content (AvgIpc) is 3.31. The Bertz CT molecular complexity index is 1820. The van der Waals surface area contributed by atoms with Gasteiger partial charge < -0.3 is 5.32 Å². The van der Waals surface area contributed by atoms with Crippen molar-refractivity contribution in [2.24, 2.45) is 16.9 Å². The molecule has 0 radical (unpaired) electrons. The van der Waals surface area contributed by atoms with Crippen molar-refractivity contribution in [3.05, 3.63) is 135 Å². The fourth-order valence-electron chi connectivity index (χ4n) is 7.11. The summed E-state index contributed by atoms with van der Waals surface area (Å²) in [6.45, 7) is 2.16. The molecule has 218 valence electrons. The van der Waals surface area contributed by atoms with Gasteiger partial charge >= 0.3 is 11.8 Å². The fourth-order valence-corrected chi connectivity index (χ4v) is 7.37. The van der Waals surface area contributed by atoms with Crippen LogP contribution in [0.3, 0.4) is 0 Å². The highest BCUT2D eigenvalue weighted by Gasteiger charge is 2.68. The summed E-state index contributed by atoms with van der Waals surface area (Å²) in [6.07, 6.45) is 1.54. The molecule has 0 aromatic heterocycles. The summed E-state index contributed by atoms with van der Waals surface area (Å²) in [5.74, 6) is -4.15. The number of carbonyl (C=O) groups excluding carboxylic acids is 4. The number of hydrogen-bond acceptors (Lipinski definition) is 5. The van der Waals surface area contributed by atoms with Gasteiger partial charge in [0.1, 0.15) is 0 Å². The lowest BCUT2D eigenvalue weighted by Crippen LogP contribution is -2.55. The molecule has 0 spiro atoms. The van der Waals surface area contributed by atoms with E-state index in [-0.39, 0.29) is 24.3 Å². The van der Waals surface area contributed by atoms with Gasteiger partial charge in [-0.2, -0.15) is 5.10 Å². The third-order valence-electron chi connectivity index (χ3n) is 8.98. The lowest BCUT2D eigenvalue weighted by atomic mass is 9.47. The van der Waals surface area contributed by atoms with E-state index in [9.17, 15) is 19.2 Å². The maximum Gasteiger partial charge on any atom is 0.329 e. The van der Waals surface area contributed by atoms with Crippen molar-refractivity contribution in [3.63, 3.8) is 0 Å². The number of carbonyl (C=O) groups is 4. The summed E-state index contributed by atoms with van der Waals surface area (Å²) in [5.41, 5.74) is 7.26. The zero-order valence-electron chi connectivity index (χ0n) is 23.7. The Labute approximate surface area is 262 Å². The van der Waals surface area contributed by atoms with Crippen LogP contribution in [-0.4, -0.2) is 29.8 Å². The monoisotopic (exact) mass is 646 g/mol. The zero-order chi connectivity index (χ0) is 30.6. The molecule has 9 heteroatoms. The Kier molecular flexibility index (Phi) is 6.77. The van der Waals surface area contributed by atoms with E-state index < -0.39 is 29.1 Å². The van der Waals surface area contributed by atoms with Crippen LogP contribution in [0.1, 0.15) is 39.3 Å². The quantitative estimate of drug-likeness (QED) is 0.141. The van der Waals surface area contributed by atoms with Gasteiger partial charge in [-0.05, 0) is 59.0 Å². The Morgan fingerprint density at radius 2 is 1.45 bits per heavy atom. The van der Waals surface area contributed by atoms with E-state index in [1.54, 1.807) is 30.5 Å². The molecule has 4 aromatic rings. The Balaban J connectivity index is 1.26. The predicted molar refractivity (Wildman–Crippen MR) is 169 cm³/mol. The van der Waals surface area contributed by atoms with Crippen molar-refractivity contribution in [2.75, 3.05) is 4.90 Å². The maximum absolute atomic E-state index is 14.4. The number of hydrazone groups is 1. The molecule has 4 amide bonds. The van der Waals surface area contributed by atoms with Crippen molar-refractivity contribution in [1.29, 1.82) is 0 Å². The minimum Gasteiger partial charge on any atom is -0.344 e. The Morgan fingerprint density at radius 1 is 0.841 bits per heavy atom. The molecule has 2 unspecified atom stereocenters. The minimum atomic E-state index is -1.16. The van der Waals surface area contributed by atoms with E-state index >= 15 is 0 Å². The van der Waals surface area contributed by atoms with Crippen molar-refractivity contribution in [1.82, 2.24) is 10.7 Å². The van der Waals surface area contributed by atoms with E-state index in [0.29, 0.717) is 5.69 Å². The molecule has 8 nitrogen and oxygen atoms in total. The van der Waals surface area contributed by atoms with E-state index in [1.165, 1.54) is 4.90 Å². The van der Waals surface area contributed by atoms with Crippen molar-refractivity contribution in [3.8, 4) is 0 Å². The molecule has 1 fully saturated rings. The minimum absolute atomic E-state index is 0.189. The number of benzene rings is 4. The third kappa shape index (κ3) is 4.22. The third-order valence-corrected chi connectivity index (χ3v) is 9.51. The molecule has 3 aliphatic carbocycles. The molecule has 4 aliphatic rings. The largest absolute Gasteiger partial charge is 0.344 e. The van der Waals surface area contributed by atoms with Crippen molar-refractivity contribution >= 4 is 51.5 Å². The summed E-state index contributed by atoms with van der Waals surface area (Å²) in [7, 11) is 0. The highest BCUT2D eigenvalue weighted by Crippen LogP contribution is 2.63. The van der Waals surface area contributed by atoms with Gasteiger partial charge in [0.05, 0.1) is 22.9 Å². The van der Waals surface area contributed by atoms with Crippen LogP contribution in [0.25, 0.3) is 0 Å². The highest BCUT2D eigenvalue weighted by atomic mass is 79.9. The van der Waals surface area contributed by atoms with E-state index in [2.05, 4.69) is 31.8 Å². The first-order valence-electron chi connectivity index (χ1n) is 14.3. The van der Waals surface area contributed by atoms with Crippen LogP contribution in [0.15, 0.2) is 107 Å².